The molecule has 0 bridgehead atoms. The number of hydrogen-bond donors (Lipinski definition) is 1. The molecule has 0 radical (unpaired) electrons. The average molecular weight is 414 g/mol. The third-order valence-corrected chi connectivity index (χ3v) is 6.70. The molecule has 8 heteroatoms. The molecule has 1 atom stereocenters. The number of para-hydroxylation sites is 1. The highest BCUT2D eigenvalue weighted by molar-refractivity contribution is 7.13. The van der Waals surface area contributed by atoms with Crippen molar-refractivity contribution < 1.29 is 0 Å². The molecule has 2 aliphatic rings. The van der Waals surface area contributed by atoms with E-state index in [1.807, 2.05) is 11.6 Å². The molecule has 0 spiro atoms. The zero-order valence-corrected chi connectivity index (χ0v) is 18.0. The van der Waals surface area contributed by atoms with Gasteiger partial charge in [0.15, 0.2) is 11.1 Å². The molecule has 1 unspecified atom stereocenters. The van der Waals surface area contributed by atoms with E-state index in [-0.39, 0.29) is 0 Å². The summed E-state index contributed by atoms with van der Waals surface area (Å²) in [5.41, 5.74) is 7.62. The summed E-state index contributed by atoms with van der Waals surface area (Å²) in [6.07, 6.45) is 1.86. The summed E-state index contributed by atoms with van der Waals surface area (Å²) in [5, 5.41) is 3.13. The number of anilines is 2. The molecule has 7 nitrogen and oxygen atoms in total. The second-order valence-corrected chi connectivity index (χ2v) is 8.57. The maximum atomic E-state index is 6.31. The molecular weight excluding hydrogens is 382 g/mol. The van der Waals surface area contributed by atoms with E-state index in [1.165, 1.54) is 5.69 Å². The lowest BCUT2D eigenvalue weighted by atomic mass is 10.2. The number of thiazole rings is 1. The Morgan fingerprint density at radius 1 is 1.03 bits per heavy atom. The van der Waals surface area contributed by atoms with Gasteiger partial charge in [-0.2, -0.15) is 0 Å². The van der Waals surface area contributed by atoms with Crippen LogP contribution in [0.5, 0.6) is 0 Å². The lowest BCUT2D eigenvalue weighted by Gasteiger charge is -2.39. The summed E-state index contributed by atoms with van der Waals surface area (Å²) < 4.78 is 0. The number of aliphatic imine (C=N–C) groups is 1. The van der Waals surface area contributed by atoms with Crippen LogP contribution in [0.1, 0.15) is 6.92 Å². The number of rotatable bonds is 5. The highest BCUT2D eigenvalue weighted by Crippen LogP contribution is 2.19. The molecule has 1 aromatic carbocycles. The molecule has 156 valence electrons. The minimum absolute atomic E-state index is 0.406. The van der Waals surface area contributed by atoms with Gasteiger partial charge in [-0.3, -0.25) is 9.89 Å². The van der Waals surface area contributed by atoms with Gasteiger partial charge in [0.05, 0.1) is 6.54 Å². The molecule has 0 saturated carbocycles. The monoisotopic (exact) mass is 413 g/mol. The van der Waals surface area contributed by atoms with Crippen LogP contribution in [-0.2, 0) is 0 Å². The van der Waals surface area contributed by atoms with Gasteiger partial charge in [0, 0.05) is 75.7 Å². The van der Waals surface area contributed by atoms with Gasteiger partial charge in [0.1, 0.15) is 0 Å². The minimum atomic E-state index is 0.406. The fraction of sp³-hybridized carbons (Fsp3) is 0.524. The van der Waals surface area contributed by atoms with E-state index < -0.39 is 0 Å². The number of aromatic nitrogens is 1. The normalized spacial score (nSPS) is 20.2. The van der Waals surface area contributed by atoms with E-state index in [9.17, 15) is 0 Å². The molecule has 2 aliphatic heterocycles. The number of nitrogens with zero attached hydrogens (tertiary/aromatic N) is 6. The Morgan fingerprint density at radius 2 is 1.72 bits per heavy atom. The maximum Gasteiger partial charge on any atom is 0.191 e. The van der Waals surface area contributed by atoms with Gasteiger partial charge in [0.25, 0.3) is 0 Å². The Kier molecular flexibility index (Phi) is 6.51. The molecule has 3 heterocycles. The first-order valence-electron chi connectivity index (χ1n) is 10.4. The van der Waals surface area contributed by atoms with Crippen LogP contribution in [0, 0.1) is 0 Å². The van der Waals surface area contributed by atoms with E-state index in [1.54, 1.807) is 11.3 Å². The zero-order chi connectivity index (χ0) is 20.1. The van der Waals surface area contributed by atoms with Crippen LogP contribution < -0.4 is 15.5 Å². The first-order valence-corrected chi connectivity index (χ1v) is 11.3. The number of piperazine rings is 2. The van der Waals surface area contributed by atoms with Gasteiger partial charge in [-0.05, 0) is 19.1 Å². The quantitative estimate of drug-likeness (QED) is 0.596. The Bertz CT molecular complexity index is 764. The van der Waals surface area contributed by atoms with Crippen molar-refractivity contribution in [1.29, 1.82) is 0 Å². The van der Waals surface area contributed by atoms with E-state index in [0.717, 1.165) is 64.0 Å². The van der Waals surface area contributed by atoms with E-state index in [0.29, 0.717) is 12.0 Å². The van der Waals surface area contributed by atoms with Crippen LogP contribution in [0.3, 0.4) is 0 Å². The Balaban J connectivity index is 1.22. The van der Waals surface area contributed by atoms with Gasteiger partial charge in [0.2, 0.25) is 0 Å². The van der Waals surface area contributed by atoms with E-state index >= 15 is 0 Å². The Labute approximate surface area is 177 Å². The van der Waals surface area contributed by atoms with Crippen molar-refractivity contribution in [2.24, 2.45) is 10.7 Å². The van der Waals surface area contributed by atoms with Crippen molar-refractivity contribution >= 4 is 28.1 Å². The number of nitrogens with two attached hydrogens (primary N) is 1. The van der Waals surface area contributed by atoms with Crippen molar-refractivity contribution in [3.63, 3.8) is 0 Å². The molecule has 1 aromatic heterocycles. The molecule has 0 aliphatic carbocycles. The number of benzene rings is 1. The molecular formula is C21H31N7S. The van der Waals surface area contributed by atoms with Crippen molar-refractivity contribution in [3.8, 4) is 0 Å². The SMILES string of the molecule is CC(CN=C(N)N1CCN(c2nccs2)CC1)N1CCN(c2ccccc2)CC1. The van der Waals surface area contributed by atoms with Crippen LogP contribution in [0.4, 0.5) is 10.8 Å². The highest BCUT2D eigenvalue weighted by Gasteiger charge is 2.22. The topological polar surface area (TPSA) is 64.2 Å². The average Bonchev–Trinajstić information content (AvgIpc) is 3.33. The van der Waals surface area contributed by atoms with Gasteiger partial charge in [-0.15, -0.1) is 11.3 Å². The fourth-order valence-electron chi connectivity index (χ4n) is 4.00. The van der Waals surface area contributed by atoms with Gasteiger partial charge in [-0.1, -0.05) is 18.2 Å². The van der Waals surface area contributed by atoms with Crippen molar-refractivity contribution in [1.82, 2.24) is 14.8 Å². The van der Waals surface area contributed by atoms with Crippen molar-refractivity contribution in [2.75, 3.05) is 68.7 Å². The van der Waals surface area contributed by atoms with Crippen LogP contribution in [0.15, 0.2) is 46.9 Å². The van der Waals surface area contributed by atoms with Crippen molar-refractivity contribution in [3.05, 3.63) is 41.9 Å². The summed E-state index contributed by atoms with van der Waals surface area (Å²) in [6.45, 7) is 11.0. The van der Waals surface area contributed by atoms with Crippen LogP contribution >= 0.6 is 11.3 Å². The van der Waals surface area contributed by atoms with E-state index in [4.69, 9.17) is 10.7 Å². The molecule has 2 saturated heterocycles. The minimum Gasteiger partial charge on any atom is -0.370 e. The Hall–Kier alpha value is -2.32. The molecule has 4 rings (SSSR count). The lowest BCUT2D eigenvalue weighted by molar-refractivity contribution is 0.201. The molecule has 2 fully saturated rings. The first-order chi connectivity index (χ1) is 14.2. The standard InChI is InChI=1S/C21H31N7S/c1-18(25-8-10-26(11-9-25)19-5-3-2-4-6-19)17-24-20(22)27-12-14-28(15-13-27)21-23-7-16-29-21/h2-7,16,18H,8-15,17H2,1H3,(H2,22,24). The zero-order valence-electron chi connectivity index (χ0n) is 17.2. The van der Waals surface area contributed by atoms with Crippen LogP contribution in [0.25, 0.3) is 0 Å². The molecule has 29 heavy (non-hydrogen) atoms. The Morgan fingerprint density at radius 3 is 2.38 bits per heavy atom. The van der Waals surface area contributed by atoms with E-state index in [2.05, 4.69) is 61.8 Å². The summed E-state index contributed by atoms with van der Waals surface area (Å²) in [6, 6.07) is 11.1. The van der Waals surface area contributed by atoms with Crippen LogP contribution in [-0.4, -0.2) is 85.7 Å². The molecule has 0 amide bonds. The fourth-order valence-corrected chi connectivity index (χ4v) is 4.70. The molecule has 2 N–H and O–H groups in total. The predicted octanol–water partition coefficient (Wildman–Crippen LogP) is 1.79. The summed E-state index contributed by atoms with van der Waals surface area (Å²) in [5.74, 6) is 0.679. The second kappa shape index (κ2) is 9.45. The van der Waals surface area contributed by atoms with Gasteiger partial charge in [-0.25, -0.2) is 4.98 Å². The third-order valence-electron chi connectivity index (χ3n) is 5.87. The predicted molar refractivity (Wildman–Crippen MR) is 122 cm³/mol. The highest BCUT2D eigenvalue weighted by atomic mass is 32.1. The number of guanidine groups is 1. The summed E-state index contributed by atoms with van der Waals surface area (Å²) >= 11 is 1.69. The number of hydrogen-bond acceptors (Lipinski definition) is 6. The summed E-state index contributed by atoms with van der Waals surface area (Å²) in [4.78, 5) is 18.6. The van der Waals surface area contributed by atoms with Gasteiger partial charge >= 0.3 is 0 Å². The lowest BCUT2D eigenvalue weighted by Crippen LogP contribution is -2.52. The van der Waals surface area contributed by atoms with Crippen LogP contribution in [0.2, 0.25) is 0 Å². The summed E-state index contributed by atoms with van der Waals surface area (Å²) in [7, 11) is 0. The molecule has 2 aromatic rings. The van der Waals surface area contributed by atoms with Crippen molar-refractivity contribution in [2.45, 2.75) is 13.0 Å². The van der Waals surface area contributed by atoms with Gasteiger partial charge < -0.3 is 20.4 Å². The maximum absolute atomic E-state index is 6.31. The largest absolute Gasteiger partial charge is 0.370 e. The first kappa shape index (κ1) is 20.0. The third kappa shape index (κ3) is 5.00. The second-order valence-electron chi connectivity index (χ2n) is 7.70. The smallest absolute Gasteiger partial charge is 0.191 e.